The molecule has 2 aromatic heterocycles. The Morgan fingerprint density at radius 2 is 1.95 bits per heavy atom. The maximum atomic E-state index is 14.6. The molecule has 0 radical (unpaired) electrons. The van der Waals surface area contributed by atoms with Crippen LogP contribution in [0.1, 0.15) is 43.5 Å². The van der Waals surface area contributed by atoms with E-state index in [2.05, 4.69) is 14.6 Å². The number of rotatable bonds is 8. The van der Waals surface area contributed by atoms with Crippen LogP contribution in [0.25, 0.3) is 11.3 Å². The molecule has 2 saturated carbocycles. The van der Waals surface area contributed by atoms with Gasteiger partial charge in [0.25, 0.3) is 15.9 Å². The number of nitrogens with one attached hydrogen (secondary N) is 1. The van der Waals surface area contributed by atoms with Crippen molar-refractivity contribution in [3.63, 3.8) is 0 Å². The molecule has 3 aromatic rings. The molecule has 9 nitrogen and oxygen atoms in total. The fraction of sp³-hybridized carbons (Fsp3) is 0.414. The van der Waals surface area contributed by atoms with E-state index in [1.807, 2.05) is 13.8 Å². The third kappa shape index (κ3) is 4.87. The molecule has 11 heteroatoms. The SMILES string of the molecule is CC(C)COc1cc(F)cc(-c2ccc(C(=O)NS(=O)(=O)c3cccc(N)n3)c(N3C[C@@H]4[C@@H]5CC[C@@H](C5)[C@@H]43)n2)c1. The Hall–Kier alpha value is -3.73. The summed E-state index contributed by atoms with van der Waals surface area (Å²) in [7, 11) is -4.28. The highest BCUT2D eigenvalue weighted by molar-refractivity contribution is 7.90. The van der Waals surface area contributed by atoms with Crippen LogP contribution >= 0.6 is 0 Å². The van der Waals surface area contributed by atoms with Crippen molar-refractivity contribution in [2.45, 2.75) is 44.2 Å². The van der Waals surface area contributed by atoms with Crippen LogP contribution in [-0.4, -0.2) is 43.5 Å². The lowest BCUT2D eigenvalue weighted by atomic mass is 9.76. The lowest BCUT2D eigenvalue weighted by Crippen LogP contribution is -2.59. The topological polar surface area (TPSA) is 128 Å². The number of benzene rings is 1. The monoisotopic (exact) mass is 565 g/mol. The zero-order chi connectivity index (χ0) is 28.2. The number of anilines is 2. The molecule has 2 aliphatic carbocycles. The van der Waals surface area contributed by atoms with Gasteiger partial charge in [0.05, 0.1) is 17.9 Å². The predicted molar refractivity (Wildman–Crippen MR) is 149 cm³/mol. The number of hydrogen-bond donors (Lipinski definition) is 2. The maximum absolute atomic E-state index is 14.6. The molecule has 1 aliphatic heterocycles. The van der Waals surface area contributed by atoms with E-state index < -0.39 is 21.7 Å². The molecular formula is C29H32FN5O4S. The molecule has 0 spiro atoms. The van der Waals surface area contributed by atoms with Crippen molar-refractivity contribution in [3.05, 3.63) is 59.9 Å². The fourth-order valence-corrected chi connectivity index (χ4v) is 7.38. The first-order valence-corrected chi connectivity index (χ1v) is 15.1. The van der Waals surface area contributed by atoms with Gasteiger partial charge in [0, 0.05) is 24.2 Å². The zero-order valence-electron chi connectivity index (χ0n) is 22.4. The Balaban J connectivity index is 1.36. The van der Waals surface area contributed by atoms with Crippen molar-refractivity contribution < 1.29 is 22.3 Å². The summed E-state index contributed by atoms with van der Waals surface area (Å²) in [6, 6.07) is 12.0. The summed E-state index contributed by atoms with van der Waals surface area (Å²) in [6.07, 6.45) is 3.54. The molecule has 0 unspecified atom stereocenters. The summed E-state index contributed by atoms with van der Waals surface area (Å²) < 4.78 is 48.4. The molecule has 3 aliphatic rings. The second-order valence-corrected chi connectivity index (χ2v) is 13.1. The van der Waals surface area contributed by atoms with Crippen molar-refractivity contribution in [1.29, 1.82) is 0 Å². The van der Waals surface area contributed by atoms with Crippen molar-refractivity contribution in [3.8, 4) is 17.0 Å². The van der Waals surface area contributed by atoms with Crippen molar-refractivity contribution >= 4 is 27.6 Å². The minimum atomic E-state index is -4.28. The number of ether oxygens (including phenoxy) is 1. The number of halogens is 1. The van der Waals surface area contributed by atoms with Gasteiger partial charge in [-0.25, -0.2) is 19.1 Å². The molecule has 40 heavy (non-hydrogen) atoms. The van der Waals surface area contributed by atoms with E-state index in [4.69, 9.17) is 15.5 Å². The molecule has 3 heterocycles. The van der Waals surface area contributed by atoms with Gasteiger partial charge in [0.1, 0.15) is 23.2 Å². The number of fused-ring (bicyclic) bond motifs is 5. The number of nitrogen functional groups attached to an aromatic ring is 1. The number of aromatic nitrogens is 2. The van der Waals surface area contributed by atoms with Crippen LogP contribution in [0, 0.1) is 29.5 Å². The number of nitrogens with two attached hydrogens (primary N) is 1. The summed E-state index contributed by atoms with van der Waals surface area (Å²) in [4.78, 5) is 24.2. The minimum Gasteiger partial charge on any atom is -0.493 e. The lowest BCUT2D eigenvalue weighted by Gasteiger charge is -2.51. The van der Waals surface area contributed by atoms with E-state index >= 15 is 0 Å². The van der Waals surface area contributed by atoms with Crippen LogP contribution < -0.4 is 20.1 Å². The van der Waals surface area contributed by atoms with Gasteiger partial charge in [0.15, 0.2) is 5.03 Å². The Morgan fingerprint density at radius 3 is 2.70 bits per heavy atom. The lowest BCUT2D eigenvalue weighted by molar-refractivity contribution is 0.0980. The zero-order valence-corrected chi connectivity index (χ0v) is 23.2. The van der Waals surface area contributed by atoms with Gasteiger partial charge in [-0.05, 0) is 79.3 Å². The Morgan fingerprint density at radius 1 is 1.15 bits per heavy atom. The van der Waals surface area contributed by atoms with E-state index in [0.717, 1.165) is 13.0 Å². The van der Waals surface area contributed by atoms with Crippen LogP contribution in [0.2, 0.25) is 0 Å². The van der Waals surface area contributed by atoms with Crippen LogP contribution in [0.5, 0.6) is 5.75 Å². The van der Waals surface area contributed by atoms with Crippen molar-refractivity contribution in [1.82, 2.24) is 14.7 Å². The third-order valence-electron chi connectivity index (χ3n) is 8.20. The summed E-state index contributed by atoms with van der Waals surface area (Å²) in [5.74, 6) is 1.57. The first-order chi connectivity index (χ1) is 19.1. The fourth-order valence-electron chi connectivity index (χ4n) is 6.43. The third-order valence-corrected chi connectivity index (χ3v) is 9.43. The predicted octanol–water partition coefficient (Wildman–Crippen LogP) is 4.25. The number of pyridine rings is 2. The number of sulfonamides is 1. The highest BCUT2D eigenvalue weighted by Crippen LogP contribution is 2.56. The molecule has 3 N–H and O–H groups in total. The molecule has 1 aromatic carbocycles. The van der Waals surface area contributed by atoms with Gasteiger partial charge in [-0.1, -0.05) is 19.9 Å². The minimum absolute atomic E-state index is 0.0248. The molecule has 1 amide bonds. The number of hydrogen-bond acceptors (Lipinski definition) is 8. The first-order valence-electron chi connectivity index (χ1n) is 13.6. The van der Waals surface area contributed by atoms with E-state index in [1.165, 1.54) is 43.2 Å². The Labute approximate surface area is 233 Å². The molecule has 210 valence electrons. The maximum Gasteiger partial charge on any atom is 0.281 e. The van der Waals surface area contributed by atoms with E-state index in [9.17, 15) is 17.6 Å². The van der Waals surface area contributed by atoms with E-state index in [1.54, 1.807) is 18.2 Å². The summed E-state index contributed by atoms with van der Waals surface area (Å²) in [5, 5.41) is -0.349. The standard InChI is InChI=1S/C29H32FN5O4S/c1-16(2)15-39-21-12-19(11-20(30)13-21)24-9-8-22(29(36)34-40(37,38)26-5-3-4-25(31)33-26)28(32-24)35-14-23-17-6-7-18(10-17)27(23)35/h3-5,8-9,11-13,16-18,23,27H,6-7,10,14-15H2,1-2H3,(H2,31,33)(H,34,36)/t17-,18+,23-,27+/m1/s1. The van der Waals surface area contributed by atoms with Crippen LogP contribution in [0.3, 0.4) is 0 Å². The average molecular weight is 566 g/mol. The molecule has 4 atom stereocenters. The van der Waals surface area contributed by atoms with Crippen LogP contribution in [0.15, 0.2) is 53.6 Å². The van der Waals surface area contributed by atoms with Gasteiger partial charge in [-0.3, -0.25) is 4.79 Å². The smallest absolute Gasteiger partial charge is 0.281 e. The highest BCUT2D eigenvalue weighted by atomic mass is 32.2. The van der Waals surface area contributed by atoms with E-state index in [0.29, 0.717) is 47.2 Å². The first kappa shape index (κ1) is 26.5. The summed E-state index contributed by atoms with van der Waals surface area (Å²) in [6.45, 7) is 5.21. The number of nitrogens with zero attached hydrogens (tertiary/aromatic N) is 3. The Bertz CT molecular complexity index is 1580. The molecule has 2 bridgehead atoms. The number of amides is 1. The van der Waals surface area contributed by atoms with Gasteiger partial charge in [-0.2, -0.15) is 8.42 Å². The molecule has 6 rings (SSSR count). The van der Waals surface area contributed by atoms with Gasteiger partial charge in [0.2, 0.25) is 0 Å². The number of carbonyl (C=O) groups is 1. The van der Waals surface area contributed by atoms with Crippen LogP contribution in [-0.2, 0) is 10.0 Å². The summed E-state index contributed by atoms with van der Waals surface area (Å²) >= 11 is 0. The van der Waals surface area contributed by atoms with Gasteiger partial charge >= 0.3 is 0 Å². The second kappa shape index (κ2) is 10.0. The van der Waals surface area contributed by atoms with Crippen LogP contribution in [0.4, 0.5) is 16.0 Å². The number of carbonyl (C=O) groups excluding carboxylic acids is 1. The largest absolute Gasteiger partial charge is 0.493 e. The Kier molecular flexibility index (Phi) is 6.64. The van der Waals surface area contributed by atoms with E-state index in [-0.39, 0.29) is 28.4 Å². The highest BCUT2D eigenvalue weighted by Gasteiger charge is 2.57. The van der Waals surface area contributed by atoms with Crippen molar-refractivity contribution in [2.24, 2.45) is 23.7 Å². The summed E-state index contributed by atoms with van der Waals surface area (Å²) in [5.41, 5.74) is 6.75. The molecule has 3 fully saturated rings. The van der Waals surface area contributed by atoms with Gasteiger partial charge < -0.3 is 15.4 Å². The van der Waals surface area contributed by atoms with Gasteiger partial charge in [-0.15, -0.1) is 0 Å². The molecular weight excluding hydrogens is 533 g/mol. The van der Waals surface area contributed by atoms with Crippen molar-refractivity contribution in [2.75, 3.05) is 23.8 Å². The quantitative estimate of drug-likeness (QED) is 0.415. The second-order valence-electron chi connectivity index (χ2n) is 11.4. The molecule has 1 saturated heterocycles. The average Bonchev–Trinajstić information content (AvgIpc) is 3.44. The normalized spacial score (nSPS) is 23.1.